The molecule has 10 heteroatoms. The fraction of sp³-hybridized carbons (Fsp3) is 0.556. The van der Waals surface area contributed by atoms with Crippen LogP contribution < -0.4 is 5.56 Å². The lowest BCUT2D eigenvalue weighted by Gasteiger charge is -2.27. The van der Waals surface area contributed by atoms with Crippen LogP contribution >= 0.6 is 11.3 Å². The smallest absolute Gasteiger partial charge is 0.264 e. The lowest BCUT2D eigenvalue weighted by Crippen LogP contribution is -2.43. The molecule has 4 rings (SSSR count). The molecule has 2 amide bonds. The molecule has 150 valence electrons. The van der Waals surface area contributed by atoms with Crippen LogP contribution in [0.1, 0.15) is 15.2 Å². The normalized spacial score (nSPS) is 17.9. The van der Waals surface area contributed by atoms with E-state index in [9.17, 15) is 14.4 Å². The average molecular weight is 406 g/mol. The molecule has 0 atom stereocenters. The van der Waals surface area contributed by atoms with Gasteiger partial charge < -0.3 is 19.3 Å². The quantitative estimate of drug-likeness (QED) is 0.718. The summed E-state index contributed by atoms with van der Waals surface area (Å²) < 4.78 is 11.9. The molecule has 4 heterocycles. The van der Waals surface area contributed by atoms with Gasteiger partial charge in [-0.2, -0.15) is 0 Å². The molecule has 0 bridgehead atoms. The van der Waals surface area contributed by atoms with E-state index < -0.39 is 0 Å². The Balaban J connectivity index is 1.61. The molecule has 0 radical (unpaired) electrons. The van der Waals surface area contributed by atoms with Crippen molar-refractivity contribution < 1.29 is 19.1 Å². The molecule has 28 heavy (non-hydrogen) atoms. The number of carbonyl (C=O) groups excluding carboxylic acids is 2. The number of rotatable bonds is 3. The number of amides is 2. The summed E-state index contributed by atoms with van der Waals surface area (Å²) in [4.78, 5) is 47.1. The molecular formula is C18H22N4O5S. The minimum Gasteiger partial charge on any atom is -0.378 e. The van der Waals surface area contributed by atoms with Crippen molar-refractivity contribution in [1.82, 2.24) is 19.4 Å². The van der Waals surface area contributed by atoms with Crippen molar-refractivity contribution in [2.45, 2.75) is 13.5 Å². The van der Waals surface area contributed by atoms with Gasteiger partial charge in [-0.05, 0) is 12.5 Å². The third-order valence-electron chi connectivity index (χ3n) is 5.08. The Bertz CT molecular complexity index is 957. The Morgan fingerprint density at radius 2 is 1.68 bits per heavy atom. The number of aryl methyl sites for hydroxylation is 1. The topological polar surface area (TPSA) is 94.0 Å². The van der Waals surface area contributed by atoms with Gasteiger partial charge in [0.05, 0.1) is 43.0 Å². The summed E-state index contributed by atoms with van der Waals surface area (Å²) in [7, 11) is 0. The van der Waals surface area contributed by atoms with Gasteiger partial charge in [-0.15, -0.1) is 11.3 Å². The van der Waals surface area contributed by atoms with Crippen molar-refractivity contribution in [3.63, 3.8) is 0 Å². The van der Waals surface area contributed by atoms with E-state index in [0.717, 1.165) is 0 Å². The summed E-state index contributed by atoms with van der Waals surface area (Å²) in [5.41, 5.74) is 0.337. The average Bonchev–Trinajstić information content (AvgIpc) is 3.08. The Labute approximate surface area is 165 Å². The van der Waals surface area contributed by atoms with Gasteiger partial charge in [-0.3, -0.25) is 19.0 Å². The van der Waals surface area contributed by atoms with Gasteiger partial charge in [0, 0.05) is 26.2 Å². The second-order valence-electron chi connectivity index (χ2n) is 6.81. The van der Waals surface area contributed by atoms with Crippen LogP contribution in [-0.2, 0) is 20.8 Å². The van der Waals surface area contributed by atoms with Crippen LogP contribution in [0.4, 0.5) is 0 Å². The zero-order chi connectivity index (χ0) is 19.7. The second-order valence-corrected chi connectivity index (χ2v) is 7.81. The highest BCUT2D eigenvalue weighted by molar-refractivity contribution is 7.20. The van der Waals surface area contributed by atoms with Crippen LogP contribution in [0.5, 0.6) is 0 Å². The number of aromatic nitrogens is 2. The molecule has 2 aromatic heterocycles. The SMILES string of the molecule is Cc1c(C(=O)N2CCOCC2)sc2ncn(CC(=O)N3CCOCC3)c(=O)c12. The van der Waals surface area contributed by atoms with Gasteiger partial charge in [0.15, 0.2) is 0 Å². The number of hydrogen-bond donors (Lipinski definition) is 0. The van der Waals surface area contributed by atoms with E-state index in [1.54, 1.807) is 16.7 Å². The van der Waals surface area contributed by atoms with Crippen LogP contribution in [-0.4, -0.2) is 83.8 Å². The molecule has 0 unspecified atom stereocenters. The number of hydrogen-bond acceptors (Lipinski definition) is 7. The van der Waals surface area contributed by atoms with E-state index >= 15 is 0 Å². The van der Waals surface area contributed by atoms with Gasteiger partial charge in [-0.1, -0.05) is 0 Å². The first-order valence-electron chi connectivity index (χ1n) is 9.27. The lowest BCUT2D eigenvalue weighted by atomic mass is 10.2. The molecule has 0 N–H and O–H groups in total. The summed E-state index contributed by atoms with van der Waals surface area (Å²) in [6.45, 7) is 5.89. The lowest BCUT2D eigenvalue weighted by molar-refractivity contribution is -0.135. The van der Waals surface area contributed by atoms with Crippen molar-refractivity contribution in [2.24, 2.45) is 0 Å². The number of fused-ring (bicyclic) bond motifs is 1. The molecule has 2 aliphatic heterocycles. The Kier molecular flexibility index (Phi) is 5.42. The summed E-state index contributed by atoms with van der Waals surface area (Å²) in [5.74, 6) is -0.233. The van der Waals surface area contributed by atoms with Gasteiger partial charge in [0.25, 0.3) is 11.5 Å². The highest BCUT2D eigenvalue weighted by atomic mass is 32.1. The third kappa shape index (κ3) is 3.54. The van der Waals surface area contributed by atoms with E-state index in [1.165, 1.54) is 22.2 Å². The van der Waals surface area contributed by atoms with Crippen LogP contribution in [0.3, 0.4) is 0 Å². The first-order chi connectivity index (χ1) is 13.6. The number of ether oxygens (including phenoxy) is 2. The van der Waals surface area contributed by atoms with Gasteiger partial charge >= 0.3 is 0 Å². The van der Waals surface area contributed by atoms with Crippen molar-refractivity contribution in [2.75, 3.05) is 52.6 Å². The van der Waals surface area contributed by atoms with E-state index in [-0.39, 0.29) is 23.9 Å². The minimum absolute atomic E-state index is 0.0657. The molecule has 2 aliphatic rings. The molecular weight excluding hydrogens is 384 g/mol. The van der Waals surface area contributed by atoms with Crippen LogP contribution in [0.15, 0.2) is 11.1 Å². The standard InChI is InChI=1S/C18H22N4O5S/c1-12-14-16(28-15(12)18(25)21-4-8-27-9-5-21)19-11-22(17(14)24)10-13(23)20-2-6-26-7-3-20/h11H,2-10H2,1H3. The maximum absolute atomic E-state index is 13.0. The van der Waals surface area contributed by atoms with Crippen molar-refractivity contribution >= 4 is 33.4 Å². The Morgan fingerprint density at radius 3 is 2.32 bits per heavy atom. The Hall–Kier alpha value is -2.30. The predicted molar refractivity (Wildman–Crippen MR) is 103 cm³/mol. The number of nitrogens with zero attached hydrogens (tertiary/aromatic N) is 4. The number of thiophene rings is 1. The molecule has 2 aromatic rings. The van der Waals surface area contributed by atoms with E-state index in [0.29, 0.717) is 73.3 Å². The van der Waals surface area contributed by atoms with Gasteiger partial charge in [0.1, 0.15) is 11.4 Å². The summed E-state index contributed by atoms with van der Waals surface area (Å²) >= 11 is 1.23. The summed E-state index contributed by atoms with van der Waals surface area (Å²) in [6, 6.07) is 0. The summed E-state index contributed by atoms with van der Waals surface area (Å²) in [6.07, 6.45) is 1.39. The first-order valence-corrected chi connectivity index (χ1v) is 10.1. The fourth-order valence-corrected chi connectivity index (χ4v) is 4.55. The maximum atomic E-state index is 13.0. The molecule has 2 saturated heterocycles. The van der Waals surface area contributed by atoms with E-state index in [4.69, 9.17) is 9.47 Å². The highest BCUT2D eigenvalue weighted by Crippen LogP contribution is 2.28. The molecule has 0 aliphatic carbocycles. The van der Waals surface area contributed by atoms with Crippen molar-refractivity contribution in [1.29, 1.82) is 0 Å². The molecule has 0 saturated carbocycles. The second kappa shape index (κ2) is 7.98. The number of morpholine rings is 2. The monoisotopic (exact) mass is 406 g/mol. The Morgan fingerprint density at radius 1 is 1.07 bits per heavy atom. The van der Waals surface area contributed by atoms with Crippen LogP contribution in [0.25, 0.3) is 10.2 Å². The molecule has 9 nitrogen and oxygen atoms in total. The van der Waals surface area contributed by atoms with E-state index in [2.05, 4.69) is 4.98 Å². The highest BCUT2D eigenvalue weighted by Gasteiger charge is 2.25. The minimum atomic E-state index is -0.290. The first kappa shape index (κ1) is 19.0. The number of carbonyl (C=O) groups is 2. The zero-order valence-corrected chi connectivity index (χ0v) is 16.5. The summed E-state index contributed by atoms with van der Waals surface area (Å²) in [5, 5.41) is 0.416. The fourth-order valence-electron chi connectivity index (χ4n) is 3.44. The predicted octanol–water partition coefficient (Wildman–Crippen LogP) is 0.0976. The molecule has 0 spiro atoms. The zero-order valence-electron chi connectivity index (χ0n) is 15.7. The molecule has 0 aromatic carbocycles. The maximum Gasteiger partial charge on any atom is 0.264 e. The van der Waals surface area contributed by atoms with Crippen LogP contribution in [0, 0.1) is 6.92 Å². The van der Waals surface area contributed by atoms with Crippen LogP contribution in [0.2, 0.25) is 0 Å². The van der Waals surface area contributed by atoms with Gasteiger partial charge in [0.2, 0.25) is 5.91 Å². The molecule has 2 fully saturated rings. The van der Waals surface area contributed by atoms with Crippen molar-refractivity contribution in [3.05, 3.63) is 27.1 Å². The third-order valence-corrected chi connectivity index (χ3v) is 6.27. The van der Waals surface area contributed by atoms with Crippen molar-refractivity contribution in [3.8, 4) is 0 Å². The van der Waals surface area contributed by atoms with Gasteiger partial charge in [-0.25, -0.2) is 4.98 Å². The largest absolute Gasteiger partial charge is 0.378 e. The van der Waals surface area contributed by atoms with E-state index in [1.807, 2.05) is 0 Å².